The fraction of sp³-hybridized carbons (Fsp3) is 0.357. The Morgan fingerprint density at radius 2 is 1.88 bits per heavy atom. The second-order valence-electron chi connectivity index (χ2n) is 4.74. The van der Waals surface area contributed by atoms with Crippen molar-refractivity contribution < 1.29 is 4.79 Å². The van der Waals surface area contributed by atoms with Crippen molar-refractivity contribution in [2.45, 2.75) is 27.2 Å². The van der Waals surface area contributed by atoms with E-state index in [9.17, 15) is 4.79 Å². The topological polar surface area (TPSA) is 17.1 Å². The van der Waals surface area contributed by atoms with Gasteiger partial charge in [-0.2, -0.15) is 0 Å². The Labute approximate surface area is 102 Å². The Bertz CT molecular complexity index is 390. The predicted octanol–water partition coefficient (Wildman–Crippen LogP) is 4.27. The van der Waals surface area contributed by atoms with Gasteiger partial charge in [-0.15, -0.1) is 0 Å². The molecular weight excluding hydrogens is 220 g/mol. The lowest BCUT2D eigenvalue weighted by Gasteiger charge is -2.19. The van der Waals surface area contributed by atoms with Gasteiger partial charge in [-0.05, 0) is 30.5 Å². The maximum Gasteiger partial charge on any atom is 0.227 e. The van der Waals surface area contributed by atoms with Crippen molar-refractivity contribution >= 4 is 22.9 Å². The first-order valence-corrected chi connectivity index (χ1v) is 5.72. The molecule has 0 amide bonds. The van der Waals surface area contributed by atoms with Gasteiger partial charge in [0.05, 0.1) is 0 Å². The molecule has 0 spiro atoms. The highest BCUT2D eigenvalue weighted by Gasteiger charge is 2.25. The van der Waals surface area contributed by atoms with E-state index in [1.54, 1.807) is 0 Å². The Hall–Kier alpha value is -1.08. The van der Waals surface area contributed by atoms with E-state index in [2.05, 4.69) is 6.08 Å². The van der Waals surface area contributed by atoms with Gasteiger partial charge in [0, 0.05) is 5.41 Å². The minimum absolute atomic E-state index is 0.284. The number of hydrogen-bond donors (Lipinski definition) is 0. The van der Waals surface area contributed by atoms with Gasteiger partial charge in [-0.25, -0.2) is 0 Å². The minimum atomic E-state index is -0.489. The van der Waals surface area contributed by atoms with Crippen LogP contribution in [0.5, 0.6) is 0 Å². The molecule has 0 aliphatic rings. The lowest BCUT2D eigenvalue weighted by molar-refractivity contribution is -0.118. The van der Waals surface area contributed by atoms with E-state index in [4.69, 9.17) is 11.6 Å². The molecule has 1 rings (SSSR count). The van der Waals surface area contributed by atoms with Gasteiger partial charge in [0.15, 0.2) is 0 Å². The van der Waals surface area contributed by atoms with Gasteiger partial charge in [-0.1, -0.05) is 55.8 Å². The molecule has 0 unspecified atom stereocenters. The summed E-state index contributed by atoms with van der Waals surface area (Å²) in [4.78, 5) is 11.2. The molecule has 1 aromatic rings. The normalized spacial score (nSPS) is 12.6. The van der Waals surface area contributed by atoms with Crippen LogP contribution in [0.2, 0.25) is 0 Å². The highest BCUT2D eigenvalue weighted by Crippen LogP contribution is 2.28. The summed E-state index contributed by atoms with van der Waals surface area (Å²) in [5.74, 6) is 0. The summed E-state index contributed by atoms with van der Waals surface area (Å²) in [6, 6.07) is 10.1. The number of rotatable bonds is 4. The molecule has 1 aromatic carbocycles. The second kappa shape index (κ2) is 5.31. The molecule has 0 N–H and O–H groups in total. The van der Waals surface area contributed by atoms with Crippen molar-refractivity contribution in [1.82, 2.24) is 0 Å². The van der Waals surface area contributed by atoms with Gasteiger partial charge in [0.2, 0.25) is 5.24 Å². The van der Waals surface area contributed by atoms with E-state index in [-0.39, 0.29) is 5.24 Å². The fourth-order valence-electron chi connectivity index (χ4n) is 1.65. The summed E-state index contributed by atoms with van der Waals surface area (Å²) in [7, 11) is 0. The quantitative estimate of drug-likeness (QED) is 0.714. The Balaban J connectivity index is 2.77. The monoisotopic (exact) mass is 236 g/mol. The number of hydrogen-bond acceptors (Lipinski definition) is 1. The van der Waals surface area contributed by atoms with Crippen molar-refractivity contribution in [2.75, 3.05) is 0 Å². The highest BCUT2D eigenvalue weighted by atomic mass is 35.5. The first-order chi connectivity index (χ1) is 7.42. The smallest absolute Gasteiger partial charge is 0.227 e. The molecule has 0 aliphatic heterocycles. The lowest BCUT2D eigenvalue weighted by Crippen LogP contribution is -2.19. The van der Waals surface area contributed by atoms with Crippen molar-refractivity contribution in [2.24, 2.45) is 5.41 Å². The third kappa shape index (κ3) is 3.82. The van der Waals surface area contributed by atoms with Crippen LogP contribution in [-0.4, -0.2) is 5.24 Å². The van der Waals surface area contributed by atoms with Crippen molar-refractivity contribution in [3.05, 3.63) is 41.5 Å². The predicted molar refractivity (Wildman–Crippen MR) is 69.4 cm³/mol. The summed E-state index contributed by atoms with van der Waals surface area (Å²) >= 11 is 5.55. The van der Waals surface area contributed by atoms with Crippen LogP contribution in [-0.2, 0) is 4.79 Å². The highest BCUT2D eigenvalue weighted by molar-refractivity contribution is 6.64. The van der Waals surface area contributed by atoms with E-state index in [0.717, 1.165) is 11.1 Å². The molecule has 0 radical (unpaired) electrons. The van der Waals surface area contributed by atoms with Crippen LogP contribution in [0.15, 0.2) is 35.9 Å². The number of carbonyl (C=O) groups excluding carboxylic acids is 1. The first kappa shape index (κ1) is 13.0. The van der Waals surface area contributed by atoms with Crippen LogP contribution in [0.25, 0.3) is 6.08 Å². The standard InChI is InChI=1S/C14H17ClO/c1-11(10-14(2,3)13(15)16)9-12-7-5-4-6-8-12/h4-9H,10H2,1-3H3. The maximum absolute atomic E-state index is 11.2. The summed E-state index contributed by atoms with van der Waals surface area (Å²) in [6.45, 7) is 5.75. The zero-order valence-electron chi connectivity index (χ0n) is 9.96. The molecular formula is C14H17ClO. The first-order valence-electron chi connectivity index (χ1n) is 5.34. The van der Waals surface area contributed by atoms with Crippen molar-refractivity contribution in [3.63, 3.8) is 0 Å². The summed E-state index contributed by atoms with van der Waals surface area (Å²) in [6.07, 6.45) is 2.77. The molecule has 86 valence electrons. The third-order valence-corrected chi connectivity index (χ3v) is 2.98. The van der Waals surface area contributed by atoms with Crippen LogP contribution < -0.4 is 0 Å². The zero-order chi connectivity index (χ0) is 12.2. The van der Waals surface area contributed by atoms with Gasteiger partial charge in [0.1, 0.15) is 0 Å². The summed E-state index contributed by atoms with van der Waals surface area (Å²) in [5.41, 5.74) is 1.82. The molecule has 0 atom stereocenters. The largest absolute Gasteiger partial charge is 0.281 e. The minimum Gasteiger partial charge on any atom is -0.281 e. The molecule has 2 heteroatoms. The number of halogens is 1. The van der Waals surface area contributed by atoms with Gasteiger partial charge < -0.3 is 0 Å². The van der Waals surface area contributed by atoms with E-state index in [0.29, 0.717) is 6.42 Å². The molecule has 0 fully saturated rings. The summed E-state index contributed by atoms with van der Waals surface area (Å²) < 4.78 is 0. The van der Waals surface area contributed by atoms with Gasteiger partial charge in [-0.3, -0.25) is 4.79 Å². The Morgan fingerprint density at radius 3 is 2.38 bits per heavy atom. The third-order valence-electron chi connectivity index (χ3n) is 2.47. The van der Waals surface area contributed by atoms with Crippen LogP contribution in [0.3, 0.4) is 0 Å². The lowest BCUT2D eigenvalue weighted by atomic mass is 9.87. The summed E-state index contributed by atoms with van der Waals surface area (Å²) in [5, 5.41) is -0.284. The average molecular weight is 237 g/mol. The van der Waals surface area contributed by atoms with E-state index < -0.39 is 5.41 Å². The average Bonchev–Trinajstić information content (AvgIpc) is 2.17. The molecule has 16 heavy (non-hydrogen) atoms. The molecule has 0 aromatic heterocycles. The van der Waals surface area contributed by atoms with Crippen LogP contribution in [0.4, 0.5) is 0 Å². The number of allylic oxidation sites excluding steroid dienone is 1. The fourth-order valence-corrected chi connectivity index (χ4v) is 1.72. The SMILES string of the molecule is CC(=Cc1ccccc1)CC(C)(C)C(=O)Cl. The molecule has 0 heterocycles. The zero-order valence-corrected chi connectivity index (χ0v) is 10.7. The van der Waals surface area contributed by atoms with Gasteiger partial charge in [0.25, 0.3) is 0 Å². The van der Waals surface area contributed by atoms with Gasteiger partial charge >= 0.3 is 0 Å². The molecule has 0 bridgehead atoms. The second-order valence-corrected chi connectivity index (χ2v) is 5.08. The molecule has 1 nitrogen and oxygen atoms in total. The maximum atomic E-state index is 11.2. The molecule has 0 saturated carbocycles. The van der Waals surface area contributed by atoms with Crippen LogP contribution in [0, 0.1) is 5.41 Å². The van der Waals surface area contributed by atoms with Crippen LogP contribution in [0.1, 0.15) is 32.8 Å². The Morgan fingerprint density at radius 1 is 1.31 bits per heavy atom. The van der Waals surface area contributed by atoms with Crippen LogP contribution >= 0.6 is 11.6 Å². The van der Waals surface area contributed by atoms with Crippen molar-refractivity contribution in [1.29, 1.82) is 0 Å². The van der Waals surface area contributed by atoms with Crippen molar-refractivity contribution in [3.8, 4) is 0 Å². The number of benzene rings is 1. The van der Waals surface area contributed by atoms with E-state index in [1.165, 1.54) is 0 Å². The van der Waals surface area contributed by atoms with E-state index >= 15 is 0 Å². The molecule has 0 aliphatic carbocycles. The Kier molecular flexibility index (Phi) is 4.31. The number of carbonyl (C=O) groups is 1. The molecule has 0 saturated heterocycles. The van der Waals surface area contributed by atoms with E-state index in [1.807, 2.05) is 51.1 Å².